The van der Waals surface area contributed by atoms with E-state index < -0.39 is 68.7 Å². The number of thioether (sulfide) groups is 1. The zero-order valence-corrected chi connectivity index (χ0v) is 20.7. The first-order chi connectivity index (χ1) is 18.4. The van der Waals surface area contributed by atoms with Crippen LogP contribution in [0.3, 0.4) is 0 Å². The first-order valence-electron chi connectivity index (χ1n) is 11.1. The van der Waals surface area contributed by atoms with E-state index in [0.29, 0.717) is 0 Å². The van der Waals surface area contributed by atoms with Crippen LogP contribution in [0, 0.1) is 17.5 Å². The second kappa shape index (κ2) is 9.34. The average molecular weight is 560 g/mol. The van der Waals surface area contributed by atoms with Crippen molar-refractivity contribution >= 4 is 35.6 Å². The number of carbonyl (C=O) groups excluding carboxylic acids is 3. The molecule has 39 heavy (non-hydrogen) atoms. The van der Waals surface area contributed by atoms with Crippen LogP contribution in [0.5, 0.6) is 23.0 Å². The van der Waals surface area contributed by atoms with Gasteiger partial charge in [0.05, 0.1) is 21.8 Å². The molecule has 0 saturated heterocycles. The van der Waals surface area contributed by atoms with E-state index in [4.69, 9.17) is 24.1 Å². The van der Waals surface area contributed by atoms with Crippen molar-refractivity contribution < 1.29 is 56.4 Å². The Hall–Kier alpha value is -4.52. The van der Waals surface area contributed by atoms with Gasteiger partial charge in [0.1, 0.15) is 23.0 Å². The molecule has 3 aromatic rings. The third-order valence-electron chi connectivity index (χ3n) is 5.83. The summed E-state index contributed by atoms with van der Waals surface area (Å²) < 4.78 is 67.3. The number of esters is 3. The third-order valence-corrected chi connectivity index (χ3v) is 6.89. The van der Waals surface area contributed by atoms with E-state index >= 15 is 4.39 Å². The first-order valence-corrected chi connectivity index (χ1v) is 12.0. The van der Waals surface area contributed by atoms with Crippen LogP contribution in [0.1, 0.15) is 40.9 Å². The highest BCUT2D eigenvalue weighted by atomic mass is 32.2. The molecule has 1 spiro atoms. The maximum atomic E-state index is 15.7. The molecule has 0 fully saturated rings. The number of carboxylic acids is 1. The molecule has 2 aliphatic heterocycles. The fraction of sp³-hybridized carbons (Fsp3) is 0.154. The Morgan fingerprint density at radius 2 is 1.44 bits per heavy atom. The van der Waals surface area contributed by atoms with Crippen LogP contribution in [-0.2, 0) is 24.7 Å². The average Bonchev–Trinajstić information content (AvgIpc) is 3.14. The molecule has 0 aromatic heterocycles. The second-order valence-corrected chi connectivity index (χ2v) is 9.37. The minimum Gasteiger partial charge on any atom is -0.481 e. The Bertz CT molecular complexity index is 1550. The summed E-state index contributed by atoms with van der Waals surface area (Å²) in [6.45, 7) is 2.31. The van der Waals surface area contributed by atoms with E-state index in [1.807, 2.05) is 0 Å². The topological polar surface area (TPSA) is 125 Å². The van der Waals surface area contributed by atoms with Gasteiger partial charge in [-0.2, -0.15) is 0 Å². The van der Waals surface area contributed by atoms with Crippen molar-refractivity contribution in [1.82, 2.24) is 0 Å². The zero-order valence-electron chi connectivity index (χ0n) is 19.9. The Balaban J connectivity index is 1.84. The fourth-order valence-electron chi connectivity index (χ4n) is 4.53. The van der Waals surface area contributed by atoms with Crippen LogP contribution < -0.4 is 14.2 Å². The summed E-state index contributed by atoms with van der Waals surface area (Å²) in [6.07, 6.45) is 0. The molecule has 9 nitrogen and oxygen atoms in total. The molecule has 3 aromatic carbocycles. The monoisotopic (exact) mass is 560 g/mol. The highest BCUT2D eigenvalue weighted by Crippen LogP contribution is 2.59. The lowest BCUT2D eigenvalue weighted by atomic mass is 9.77. The normalized spacial score (nSPS) is 14.0. The molecular weight excluding hydrogens is 545 g/mol. The van der Waals surface area contributed by atoms with Gasteiger partial charge in [-0.05, 0) is 24.3 Å². The molecule has 2 heterocycles. The lowest BCUT2D eigenvalue weighted by molar-refractivity contribution is -0.134. The van der Waals surface area contributed by atoms with Crippen molar-refractivity contribution in [3.05, 3.63) is 76.1 Å². The van der Waals surface area contributed by atoms with Gasteiger partial charge >= 0.3 is 23.9 Å². The van der Waals surface area contributed by atoms with E-state index in [0.717, 1.165) is 13.8 Å². The Morgan fingerprint density at radius 3 is 1.92 bits per heavy atom. The number of carbonyl (C=O) groups is 4. The van der Waals surface area contributed by atoms with Gasteiger partial charge in [0.15, 0.2) is 23.1 Å². The SMILES string of the molecule is CC(=O)Oc1ccc2c(c1)Oc1cc(OC(C)=O)ccc1C21OC(=O)c2c(SCC(=O)O)c(F)c(F)c(F)c21. The molecule has 13 heteroatoms. The predicted molar refractivity (Wildman–Crippen MR) is 126 cm³/mol. The van der Waals surface area contributed by atoms with Crippen molar-refractivity contribution in [2.75, 3.05) is 5.75 Å². The molecule has 5 rings (SSSR count). The zero-order chi connectivity index (χ0) is 28.2. The smallest absolute Gasteiger partial charge is 0.341 e. The molecule has 0 aliphatic carbocycles. The number of halogens is 3. The summed E-state index contributed by atoms with van der Waals surface area (Å²) in [5.41, 5.74) is -3.69. The lowest BCUT2D eigenvalue weighted by Crippen LogP contribution is -2.34. The van der Waals surface area contributed by atoms with Crippen molar-refractivity contribution in [3.8, 4) is 23.0 Å². The maximum Gasteiger partial charge on any atom is 0.341 e. The highest BCUT2D eigenvalue weighted by molar-refractivity contribution is 8.00. The molecule has 0 unspecified atom stereocenters. The summed E-state index contributed by atoms with van der Waals surface area (Å²) in [4.78, 5) is 46.6. The summed E-state index contributed by atoms with van der Waals surface area (Å²) in [6, 6.07) is 7.67. The summed E-state index contributed by atoms with van der Waals surface area (Å²) in [5.74, 6) is -10.4. The Kier molecular flexibility index (Phi) is 6.25. The summed E-state index contributed by atoms with van der Waals surface area (Å²) >= 11 is 0.287. The van der Waals surface area contributed by atoms with E-state index in [9.17, 15) is 28.0 Å². The maximum absolute atomic E-state index is 15.7. The van der Waals surface area contributed by atoms with E-state index in [1.165, 1.54) is 36.4 Å². The molecule has 0 saturated carbocycles. The lowest BCUT2D eigenvalue weighted by Gasteiger charge is -2.36. The van der Waals surface area contributed by atoms with Crippen LogP contribution >= 0.6 is 11.8 Å². The van der Waals surface area contributed by atoms with Gasteiger partial charge in [0.2, 0.25) is 0 Å². The molecule has 0 atom stereocenters. The number of ether oxygens (including phenoxy) is 4. The fourth-order valence-corrected chi connectivity index (χ4v) is 5.35. The first kappa shape index (κ1) is 26.1. The Morgan fingerprint density at radius 1 is 0.897 bits per heavy atom. The number of aliphatic carboxylic acids is 1. The van der Waals surface area contributed by atoms with E-state index in [1.54, 1.807) is 0 Å². The third kappa shape index (κ3) is 4.14. The molecule has 0 radical (unpaired) electrons. The van der Waals surface area contributed by atoms with Gasteiger partial charge in [-0.1, -0.05) is 0 Å². The number of benzene rings is 3. The summed E-state index contributed by atoms with van der Waals surface area (Å²) in [7, 11) is 0. The van der Waals surface area contributed by atoms with Crippen LogP contribution in [0.4, 0.5) is 13.2 Å². The number of hydrogen-bond acceptors (Lipinski definition) is 9. The van der Waals surface area contributed by atoms with Crippen molar-refractivity contribution in [1.29, 1.82) is 0 Å². The largest absolute Gasteiger partial charge is 0.481 e. The number of hydrogen-bond donors (Lipinski definition) is 1. The second-order valence-electron chi connectivity index (χ2n) is 8.38. The van der Waals surface area contributed by atoms with Crippen molar-refractivity contribution in [3.63, 3.8) is 0 Å². The molecule has 1 N–H and O–H groups in total. The van der Waals surface area contributed by atoms with Crippen LogP contribution in [-0.4, -0.2) is 34.7 Å². The standard InChI is InChI=1S/C26H15F3O9S/c1-10(30)35-12-3-5-14-16(7-12)37-17-8-13(36-11(2)31)4-6-15(17)26(14)20-19(25(34)38-26)24(39-9-18(32)33)23(29)22(28)21(20)27/h3-8H,9H2,1-2H3,(H,32,33). The quantitative estimate of drug-likeness (QED) is 0.203. The van der Waals surface area contributed by atoms with Crippen molar-refractivity contribution in [2.45, 2.75) is 24.3 Å². The van der Waals surface area contributed by atoms with Gasteiger partial charge in [0, 0.05) is 37.1 Å². The van der Waals surface area contributed by atoms with Crippen LogP contribution in [0.25, 0.3) is 0 Å². The predicted octanol–water partition coefficient (Wildman–Crippen LogP) is 4.70. The minimum absolute atomic E-state index is 0.00370. The number of rotatable bonds is 5. The van der Waals surface area contributed by atoms with Crippen LogP contribution in [0.15, 0.2) is 41.3 Å². The van der Waals surface area contributed by atoms with Gasteiger partial charge in [-0.25, -0.2) is 18.0 Å². The Labute approximate surface area is 221 Å². The molecule has 0 bridgehead atoms. The molecule has 0 amide bonds. The van der Waals surface area contributed by atoms with E-state index in [-0.39, 0.29) is 45.9 Å². The van der Waals surface area contributed by atoms with Crippen molar-refractivity contribution in [2.24, 2.45) is 0 Å². The summed E-state index contributed by atoms with van der Waals surface area (Å²) in [5, 5.41) is 9.07. The molecule has 2 aliphatic rings. The van der Waals surface area contributed by atoms with Gasteiger partial charge in [-0.3, -0.25) is 14.4 Å². The van der Waals surface area contributed by atoms with Gasteiger partial charge in [-0.15, -0.1) is 11.8 Å². The van der Waals surface area contributed by atoms with Crippen LogP contribution in [0.2, 0.25) is 0 Å². The minimum atomic E-state index is -2.24. The van der Waals surface area contributed by atoms with Gasteiger partial charge in [0.25, 0.3) is 0 Å². The van der Waals surface area contributed by atoms with Gasteiger partial charge < -0.3 is 24.1 Å². The molecule has 200 valence electrons. The van der Waals surface area contributed by atoms with E-state index in [2.05, 4.69) is 0 Å². The number of carboxylic acid groups (broad SMARTS) is 1. The number of fused-ring (bicyclic) bond motifs is 6. The highest BCUT2D eigenvalue weighted by Gasteiger charge is 2.57. The molecular formula is C26H15F3O9S.